The van der Waals surface area contributed by atoms with E-state index in [0.717, 1.165) is 28.3 Å². The number of carboxylic acid groups (broad SMARTS) is 1. The highest BCUT2D eigenvalue weighted by Crippen LogP contribution is 2.37. The standard InChI is InChI=1S/C12H9NO3S/c14-12(15)10-6-7-9(17-10)3-5-16-8-2-1-4-13-11(7)8/h1-2,4,6H,3,5H2,(H,14,15). The molecule has 0 amide bonds. The van der Waals surface area contributed by atoms with Crippen molar-refractivity contribution in [3.05, 3.63) is 34.2 Å². The van der Waals surface area contributed by atoms with E-state index < -0.39 is 5.97 Å². The molecule has 0 radical (unpaired) electrons. The molecule has 3 rings (SSSR count). The molecule has 1 aliphatic heterocycles. The summed E-state index contributed by atoms with van der Waals surface area (Å²) in [5.74, 6) is -0.164. The van der Waals surface area contributed by atoms with Crippen molar-refractivity contribution in [2.45, 2.75) is 6.42 Å². The average Bonchev–Trinajstić information content (AvgIpc) is 2.67. The van der Waals surface area contributed by atoms with Crippen LogP contribution in [0.2, 0.25) is 0 Å². The van der Waals surface area contributed by atoms with Gasteiger partial charge in [0.2, 0.25) is 0 Å². The molecule has 2 aromatic rings. The summed E-state index contributed by atoms with van der Waals surface area (Å²) in [7, 11) is 0. The largest absolute Gasteiger partial charge is 0.491 e. The van der Waals surface area contributed by atoms with E-state index in [1.807, 2.05) is 12.1 Å². The van der Waals surface area contributed by atoms with Gasteiger partial charge in [0.1, 0.15) is 16.3 Å². The molecule has 17 heavy (non-hydrogen) atoms. The quantitative estimate of drug-likeness (QED) is 0.840. The van der Waals surface area contributed by atoms with Crippen molar-refractivity contribution in [3.8, 4) is 17.0 Å². The molecular formula is C12H9NO3S. The van der Waals surface area contributed by atoms with E-state index in [-0.39, 0.29) is 0 Å². The van der Waals surface area contributed by atoms with E-state index in [1.54, 1.807) is 12.3 Å². The number of ether oxygens (including phenoxy) is 1. The van der Waals surface area contributed by atoms with E-state index in [0.29, 0.717) is 11.5 Å². The highest BCUT2D eigenvalue weighted by molar-refractivity contribution is 7.14. The van der Waals surface area contributed by atoms with Gasteiger partial charge in [0.25, 0.3) is 0 Å². The van der Waals surface area contributed by atoms with Gasteiger partial charge in [0.05, 0.1) is 6.61 Å². The van der Waals surface area contributed by atoms with Crippen molar-refractivity contribution in [1.82, 2.24) is 4.98 Å². The molecule has 0 aromatic carbocycles. The van der Waals surface area contributed by atoms with Crippen LogP contribution in [0.3, 0.4) is 0 Å². The Hall–Kier alpha value is -1.88. The number of hydrogen-bond acceptors (Lipinski definition) is 4. The van der Waals surface area contributed by atoms with Gasteiger partial charge in [-0.15, -0.1) is 11.3 Å². The van der Waals surface area contributed by atoms with Gasteiger partial charge in [-0.25, -0.2) is 4.79 Å². The third-order valence-corrected chi connectivity index (χ3v) is 3.82. The predicted molar refractivity (Wildman–Crippen MR) is 63.7 cm³/mol. The maximum atomic E-state index is 11.0. The van der Waals surface area contributed by atoms with E-state index >= 15 is 0 Å². The molecule has 1 N–H and O–H groups in total. The second-order valence-electron chi connectivity index (χ2n) is 3.70. The Labute approximate surface area is 102 Å². The average molecular weight is 247 g/mol. The number of fused-ring (bicyclic) bond motifs is 3. The van der Waals surface area contributed by atoms with Crippen LogP contribution in [0.25, 0.3) is 11.3 Å². The Balaban J connectivity index is 2.21. The summed E-state index contributed by atoms with van der Waals surface area (Å²) in [5.41, 5.74) is 1.63. The molecule has 0 atom stereocenters. The summed E-state index contributed by atoms with van der Waals surface area (Å²) < 4.78 is 5.59. The fraction of sp³-hybridized carbons (Fsp3) is 0.167. The highest BCUT2D eigenvalue weighted by Gasteiger charge is 2.21. The summed E-state index contributed by atoms with van der Waals surface area (Å²) in [6.45, 7) is 0.561. The molecular weight excluding hydrogens is 238 g/mol. The van der Waals surface area contributed by atoms with Gasteiger partial charge in [0, 0.05) is 23.1 Å². The van der Waals surface area contributed by atoms with Gasteiger partial charge >= 0.3 is 5.97 Å². The molecule has 3 heterocycles. The summed E-state index contributed by atoms with van der Waals surface area (Å²) >= 11 is 1.30. The lowest BCUT2D eigenvalue weighted by atomic mass is 10.1. The molecule has 0 aliphatic carbocycles. The van der Waals surface area contributed by atoms with Crippen molar-refractivity contribution in [3.63, 3.8) is 0 Å². The number of rotatable bonds is 1. The van der Waals surface area contributed by atoms with Crippen LogP contribution in [0, 0.1) is 0 Å². The zero-order chi connectivity index (χ0) is 11.8. The molecule has 4 nitrogen and oxygen atoms in total. The van der Waals surface area contributed by atoms with Gasteiger partial charge in [-0.3, -0.25) is 4.98 Å². The molecule has 0 fully saturated rings. The third kappa shape index (κ3) is 1.68. The Bertz CT molecular complexity index is 591. The molecule has 5 heteroatoms. The lowest BCUT2D eigenvalue weighted by molar-refractivity contribution is 0.0702. The van der Waals surface area contributed by atoms with Gasteiger partial charge in [0.15, 0.2) is 0 Å². The molecule has 0 bridgehead atoms. The first-order valence-corrected chi connectivity index (χ1v) is 6.01. The second kappa shape index (κ2) is 3.85. The Morgan fingerprint density at radius 3 is 3.24 bits per heavy atom. The van der Waals surface area contributed by atoms with E-state index in [2.05, 4.69) is 4.98 Å². The molecule has 1 aliphatic rings. The van der Waals surface area contributed by atoms with Crippen LogP contribution < -0.4 is 4.74 Å². The van der Waals surface area contributed by atoms with Gasteiger partial charge in [-0.2, -0.15) is 0 Å². The zero-order valence-electron chi connectivity index (χ0n) is 8.84. The number of thiophene rings is 1. The minimum atomic E-state index is -0.888. The van der Waals surface area contributed by atoms with Crippen molar-refractivity contribution in [2.75, 3.05) is 6.61 Å². The lowest BCUT2D eigenvalue weighted by Gasteiger charge is -2.04. The summed E-state index contributed by atoms with van der Waals surface area (Å²) in [5, 5.41) is 9.01. The summed E-state index contributed by atoms with van der Waals surface area (Å²) in [6.07, 6.45) is 2.42. The van der Waals surface area contributed by atoms with E-state index in [9.17, 15) is 4.79 Å². The maximum absolute atomic E-state index is 11.0. The maximum Gasteiger partial charge on any atom is 0.345 e. The minimum absolute atomic E-state index is 0.355. The van der Waals surface area contributed by atoms with E-state index in [1.165, 1.54) is 11.3 Å². The van der Waals surface area contributed by atoms with Crippen molar-refractivity contribution in [2.24, 2.45) is 0 Å². The van der Waals surface area contributed by atoms with Crippen molar-refractivity contribution < 1.29 is 14.6 Å². The number of carboxylic acids is 1. The Kier molecular flexibility index (Phi) is 2.33. The number of pyridine rings is 1. The normalized spacial score (nSPS) is 13.2. The highest BCUT2D eigenvalue weighted by atomic mass is 32.1. The van der Waals surface area contributed by atoms with Crippen LogP contribution >= 0.6 is 11.3 Å². The topological polar surface area (TPSA) is 59.4 Å². The number of nitrogens with zero attached hydrogens (tertiary/aromatic N) is 1. The Morgan fingerprint density at radius 1 is 1.53 bits per heavy atom. The lowest BCUT2D eigenvalue weighted by Crippen LogP contribution is -1.98. The minimum Gasteiger partial charge on any atom is -0.491 e. The SMILES string of the molecule is O=C(O)c1cc2c(s1)CCOc1cccnc1-2. The molecule has 86 valence electrons. The first kappa shape index (κ1) is 10.3. The van der Waals surface area contributed by atoms with Crippen LogP contribution in [-0.4, -0.2) is 22.7 Å². The predicted octanol–water partition coefficient (Wildman–Crippen LogP) is 2.44. The molecule has 0 saturated carbocycles. The van der Waals surface area contributed by atoms with Crippen molar-refractivity contribution >= 4 is 17.3 Å². The van der Waals surface area contributed by atoms with Gasteiger partial charge < -0.3 is 9.84 Å². The number of hydrogen-bond donors (Lipinski definition) is 1. The number of carbonyl (C=O) groups is 1. The number of aromatic carboxylic acids is 1. The zero-order valence-corrected chi connectivity index (χ0v) is 9.66. The monoisotopic (exact) mass is 247 g/mol. The summed E-state index contributed by atoms with van der Waals surface area (Å²) in [6, 6.07) is 5.35. The first-order valence-electron chi connectivity index (χ1n) is 5.20. The molecule has 2 aromatic heterocycles. The van der Waals surface area contributed by atoms with Crippen LogP contribution in [0.5, 0.6) is 5.75 Å². The number of aromatic nitrogens is 1. The molecule has 0 spiro atoms. The molecule has 0 saturated heterocycles. The fourth-order valence-electron chi connectivity index (χ4n) is 1.88. The van der Waals surface area contributed by atoms with Crippen molar-refractivity contribution in [1.29, 1.82) is 0 Å². The first-order chi connectivity index (χ1) is 8.25. The van der Waals surface area contributed by atoms with Crippen LogP contribution in [0.15, 0.2) is 24.4 Å². The fourth-order valence-corrected chi connectivity index (χ4v) is 2.86. The van der Waals surface area contributed by atoms with Crippen LogP contribution in [0.4, 0.5) is 0 Å². The smallest absolute Gasteiger partial charge is 0.345 e. The molecule has 0 unspecified atom stereocenters. The van der Waals surface area contributed by atoms with Crippen LogP contribution in [-0.2, 0) is 6.42 Å². The van der Waals surface area contributed by atoms with E-state index in [4.69, 9.17) is 9.84 Å². The Morgan fingerprint density at radius 2 is 2.41 bits per heavy atom. The van der Waals surface area contributed by atoms with Gasteiger partial charge in [-0.05, 0) is 18.2 Å². The third-order valence-electron chi connectivity index (χ3n) is 2.63. The summed E-state index contributed by atoms with van der Waals surface area (Å²) in [4.78, 5) is 16.6. The van der Waals surface area contributed by atoms with Crippen LogP contribution in [0.1, 0.15) is 14.5 Å². The second-order valence-corrected chi connectivity index (χ2v) is 4.84. The van der Waals surface area contributed by atoms with Gasteiger partial charge in [-0.1, -0.05) is 0 Å².